The zero-order valence-electron chi connectivity index (χ0n) is 12.3. The first-order valence-electron chi connectivity index (χ1n) is 7.04. The van der Waals surface area contributed by atoms with E-state index in [-0.39, 0.29) is 5.56 Å². The van der Waals surface area contributed by atoms with Crippen molar-refractivity contribution in [3.63, 3.8) is 0 Å². The Balaban J connectivity index is 1.80. The Hall–Kier alpha value is -2.91. The average molecular weight is 329 g/mol. The molecule has 1 heterocycles. The quantitative estimate of drug-likeness (QED) is 0.481. The van der Waals surface area contributed by atoms with Crippen molar-refractivity contribution in [2.45, 2.75) is 6.10 Å². The van der Waals surface area contributed by atoms with Gasteiger partial charge in [0.15, 0.2) is 0 Å². The van der Waals surface area contributed by atoms with Crippen LogP contribution in [0.2, 0.25) is 0 Å². The highest BCUT2D eigenvalue weighted by Crippen LogP contribution is 2.28. The van der Waals surface area contributed by atoms with Gasteiger partial charge in [0.05, 0.1) is 5.56 Å². The van der Waals surface area contributed by atoms with E-state index in [1.54, 1.807) is 18.2 Å². The molecule has 8 nitrogen and oxygen atoms in total. The summed E-state index contributed by atoms with van der Waals surface area (Å²) in [5, 5.41) is 29.4. The van der Waals surface area contributed by atoms with Gasteiger partial charge in [0.25, 0.3) is 0 Å². The number of ether oxygens (including phenoxy) is 1. The highest BCUT2D eigenvalue weighted by Gasteiger charge is 2.38. The fourth-order valence-corrected chi connectivity index (χ4v) is 2.50. The SMILES string of the molecule is O=C(O)c1ccc(Oc2ccc3c(c2)B(O)OC3C[N+](=O)[O-])cc1. The van der Waals surface area contributed by atoms with Crippen LogP contribution in [0.15, 0.2) is 42.5 Å². The number of carbonyl (C=O) groups is 1. The smallest absolute Gasteiger partial charge is 0.478 e. The molecule has 1 aliphatic heterocycles. The van der Waals surface area contributed by atoms with E-state index in [0.29, 0.717) is 22.5 Å². The van der Waals surface area contributed by atoms with Gasteiger partial charge in [0.2, 0.25) is 6.54 Å². The lowest BCUT2D eigenvalue weighted by Crippen LogP contribution is -2.28. The van der Waals surface area contributed by atoms with Crippen molar-refractivity contribution in [1.29, 1.82) is 0 Å². The van der Waals surface area contributed by atoms with Crippen LogP contribution in [0, 0.1) is 10.1 Å². The molecule has 0 aromatic heterocycles. The molecule has 0 radical (unpaired) electrons. The average Bonchev–Trinajstić information content (AvgIpc) is 2.83. The minimum atomic E-state index is -1.25. The first kappa shape index (κ1) is 16.0. The van der Waals surface area contributed by atoms with Crippen LogP contribution in [0.5, 0.6) is 11.5 Å². The van der Waals surface area contributed by atoms with Gasteiger partial charge in [-0.2, -0.15) is 0 Å². The highest BCUT2D eigenvalue weighted by molar-refractivity contribution is 6.61. The van der Waals surface area contributed by atoms with E-state index in [0.717, 1.165) is 0 Å². The maximum atomic E-state index is 10.8. The Morgan fingerprint density at radius 2 is 1.92 bits per heavy atom. The molecule has 1 unspecified atom stereocenters. The summed E-state index contributed by atoms with van der Waals surface area (Å²) in [4.78, 5) is 20.9. The van der Waals surface area contributed by atoms with Gasteiger partial charge in [-0.1, -0.05) is 6.07 Å². The van der Waals surface area contributed by atoms with Crippen LogP contribution >= 0.6 is 0 Å². The van der Waals surface area contributed by atoms with E-state index in [4.69, 9.17) is 14.5 Å². The number of aromatic carboxylic acids is 1. The van der Waals surface area contributed by atoms with Gasteiger partial charge in [0.1, 0.15) is 17.6 Å². The summed E-state index contributed by atoms with van der Waals surface area (Å²) in [6.07, 6.45) is -0.797. The molecule has 1 aliphatic rings. The number of rotatable bonds is 5. The lowest BCUT2D eigenvalue weighted by Gasteiger charge is -2.09. The third-order valence-corrected chi connectivity index (χ3v) is 3.62. The summed E-state index contributed by atoms with van der Waals surface area (Å²) in [6.45, 7) is -0.430. The molecule has 2 aromatic rings. The van der Waals surface area contributed by atoms with Crippen molar-refractivity contribution in [1.82, 2.24) is 0 Å². The predicted octanol–water partition coefficient (Wildman–Crippen LogP) is 1.21. The number of benzene rings is 2. The highest BCUT2D eigenvalue weighted by atomic mass is 16.6. The fraction of sp³-hybridized carbons (Fsp3) is 0.133. The third-order valence-electron chi connectivity index (χ3n) is 3.62. The number of hydrogen-bond acceptors (Lipinski definition) is 6. The topological polar surface area (TPSA) is 119 Å². The predicted molar refractivity (Wildman–Crippen MR) is 83.2 cm³/mol. The fourth-order valence-electron chi connectivity index (χ4n) is 2.50. The number of fused-ring (bicyclic) bond motifs is 1. The molecule has 2 N–H and O–H groups in total. The molecule has 0 amide bonds. The van der Waals surface area contributed by atoms with Crippen molar-refractivity contribution >= 4 is 18.6 Å². The van der Waals surface area contributed by atoms with Gasteiger partial charge in [0, 0.05) is 4.92 Å². The molecule has 24 heavy (non-hydrogen) atoms. The van der Waals surface area contributed by atoms with Crippen molar-refractivity contribution in [2.75, 3.05) is 6.54 Å². The number of carboxylic acid groups (broad SMARTS) is 1. The zero-order valence-corrected chi connectivity index (χ0v) is 12.3. The lowest BCUT2D eigenvalue weighted by molar-refractivity contribution is -0.490. The molecule has 0 spiro atoms. The minimum absolute atomic E-state index is 0.141. The Kier molecular flexibility index (Phi) is 4.19. The van der Waals surface area contributed by atoms with E-state index >= 15 is 0 Å². The molecular weight excluding hydrogens is 317 g/mol. The van der Waals surface area contributed by atoms with Gasteiger partial charge in [-0.25, -0.2) is 4.79 Å². The van der Waals surface area contributed by atoms with Gasteiger partial charge in [-0.15, -0.1) is 0 Å². The first-order valence-corrected chi connectivity index (χ1v) is 7.04. The maximum absolute atomic E-state index is 10.8. The van der Waals surface area contributed by atoms with Gasteiger partial charge in [-0.3, -0.25) is 10.1 Å². The summed E-state index contributed by atoms with van der Waals surface area (Å²) < 4.78 is 10.8. The molecule has 0 aliphatic carbocycles. The normalized spacial score (nSPS) is 15.9. The van der Waals surface area contributed by atoms with Crippen LogP contribution in [-0.4, -0.2) is 34.7 Å². The zero-order chi connectivity index (χ0) is 17.3. The van der Waals surface area contributed by atoms with Crippen molar-refractivity contribution in [2.24, 2.45) is 0 Å². The van der Waals surface area contributed by atoms with E-state index in [1.807, 2.05) is 0 Å². The molecule has 1 atom stereocenters. The Bertz CT molecular complexity index is 793. The van der Waals surface area contributed by atoms with Gasteiger partial charge < -0.3 is 19.5 Å². The molecule has 122 valence electrons. The van der Waals surface area contributed by atoms with E-state index in [2.05, 4.69) is 0 Å². The first-order chi connectivity index (χ1) is 11.4. The largest absolute Gasteiger partial charge is 0.492 e. The second-order valence-electron chi connectivity index (χ2n) is 5.21. The second-order valence-corrected chi connectivity index (χ2v) is 5.21. The number of hydrogen-bond donors (Lipinski definition) is 2. The van der Waals surface area contributed by atoms with Crippen LogP contribution in [0.4, 0.5) is 0 Å². The molecule has 3 rings (SSSR count). The number of carboxylic acids is 1. The van der Waals surface area contributed by atoms with Crippen molar-refractivity contribution in [3.8, 4) is 11.5 Å². The van der Waals surface area contributed by atoms with E-state index < -0.39 is 30.7 Å². The van der Waals surface area contributed by atoms with Crippen LogP contribution < -0.4 is 10.2 Å². The summed E-state index contributed by atoms with van der Waals surface area (Å²) in [6, 6.07) is 10.6. The maximum Gasteiger partial charge on any atom is 0.492 e. The summed E-state index contributed by atoms with van der Waals surface area (Å²) in [7, 11) is -1.25. The van der Waals surface area contributed by atoms with E-state index in [9.17, 15) is 19.9 Å². The molecule has 2 aromatic carbocycles. The molecule has 0 fully saturated rings. The molecule has 9 heteroatoms. The van der Waals surface area contributed by atoms with Crippen LogP contribution in [0.3, 0.4) is 0 Å². The van der Waals surface area contributed by atoms with Crippen LogP contribution in [-0.2, 0) is 4.65 Å². The van der Waals surface area contributed by atoms with Crippen LogP contribution in [0.1, 0.15) is 22.0 Å². The Morgan fingerprint density at radius 1 is 1.25 bits per heavy atom. The monoisotopic (exact) mass is 329 g/mol. The molecule has 0 saturated heterocycles. The van der Waals surface area contributed by atoms with Gasteiger partial charge >= 0.3 is 13.1 Å². The third kappa shape index (κ3) is 3.22. The van der Waals surface area contributed by atoms with E-state index in [1.165, 1.54) is 24.3 Å². The van der Waals surface area contributed by atoms with Crippen LogP contribution in [0.25, 0.3) is 0 Å². The molecule has 0 bridgehead atoms. The lowest BCUT2D eigenvalue weighted by atomic mass is 9.79. The number of nitrogens with zero attached hydrogens (tertiary/aromatic N) is 1. The standard InChI is InChI=1S/C15H12BNO7/c18-15(19)9-1-3-10(4-2-9)23-11-5-6-12-13(7-11)16(20)24-14(12)8-17(21)22/h1-7,14,20H,8H2,(H,18,19). The minimum Gasteiger partial charge on any atom is -0.478 e. The summed E-state index contributed by atoms with van der Waals surface area (Å²) in [5.74, 6) is -0.201. The summed E-state index contributed by atoms with van der Waals surface area (Å²) >= 11 is 0. The molecule has 0 saturated carbocycles. The Labute approximate surface area is 136 Å². The molecular formula is C15H12BNO7. The van der Waals surface area contributed by atoms with Crippen molar-refractivity contribution < 1.29 is 29.2 Å². The second kappa shape index (κ2) is 6.30. The summed E-state index contributed by atoms with van der Waals surface area (Å²) in [5.41, 5.74) is 1.11. The van der Waals surface area contributed by atoms with Gasteiger partial charge in [-0.05, 0) is 47.4 Å². The number of nitro groups is 1. The van der Waals surface area contributed by atoms with Crippen molar-refractivity contribution in [3.05, 3.63) is 63.7 Å². The Morgan fingerprint density at radius 3 is 2.54 bits per heavy atom.